The van der Waals surface area contributed by atoms with Crippen LogP contribution in [-0.4, -0.2) is 5.71 Å². The second-order valence-corrected chi connectivity index (χ2v) is 4.04. The third kappa shape index (κ3) is 2.38. The van der Waals surface area contributed by atoms with E-state index >= 15 is 0 Å². The minimum atomic E-state index is 0. The molecule has 2 aromatic carbocycles. The van der Waals surface area contributed by atoms with Crippen molar-refractivity contribution in [1.29, 1.82) is 0 Å². The largest absolute Gasteiger partial charge is 3.00 e. The smallest absolute Gasteiger partial charge is 1.00 e. The van der Waals surface area contributed by atoms with Crippen molar-refractivity contribution in [2.75, 3.05) is 0 Å². The summed E-state index contributed by atoms with van der Waals surface area (Å²) in [5.74, 6) is 0. The average molecular weight is 364 g/mol. The molecule has 0 fully saturated rings. The predicted molar refractivity (Wildman–Crippen MR) is 65.8 cm³/mol. The van der Waals surface area contributed by atoms with Crippen molar-refractivity contribution in [2.45, 2.75) is 0 Å². The fourth-order valence-corrected chi connectivity index (χ4v) is 2.38. The Hall–Kier alpha value is -0.687. The van der Waals surface area contributed by atoms with Crippen molar-refractivity contribution in [3.05, 3.63) is 65.2 Å². The summed E-state index contributed by atoms with van der Waals surface area (Å²) in [6.45, 7) is 0. The van der Waals surface area contributed by atoms with Crippen molar-refractivity contribution < 1.29 is 51.0 Å². The van der Waals surface area contributed by atoms with Gasteiger partial charge in [0.2, 0.25) is 0 Å². The second-order valence-electron chi connectivity index (χ2n) is 4.04. The van der Waals surface area contributed by atoms with E-state index in [-0.39, 0.29) is 51.0 Å². The number of rotatable bonds is 0. The number of benzene rings is 2. The van der Waals surface area contributed by atoms with Crippen LogP contribution in [0.5, 0.6) is 0 Å². The van der Waals surface area contributed by atoms with Crippen molar-refractivity contribution in [1.82, 2.24) is 0 Å². The molecule has 1 aliphatic carbocycles. The van der Waals surface area contributed by atoms with E-state index in [0.717, 1.165) is 17.0 Å². The number of allylic oxidation sites excluding steroid dienone is 1. The van der Waals surface area contributed by atoms with Crippen LogP contribution in [0, 0.1) is 6.07 Å². The van der Waals surface area contributed by atoms with Crippen LogP contribution in [0.3, 0.4) is 0 Å². The number of hydrogen-bond donors (Lipinski definition) is 0. The van der Waals surface area contributed by atoms with Gasteiger partial charge in [0.05, 0.1) is 0 Å². The topological polar surface area (TPSA) is 12.4 Å². The number of nitrogens with zero attached hydrogens (tertiary/aromatic N) is 1. The summed E-state index contributed by atoms with van der Waals surface area (Å²) in [7, 11) is 0. The van der Waals surface area contributed by atoms with E-state index in [0.29, 0.717) is 0 Å². The quantitative estimate of drug-likeness (QED) is 0.458. The summed E-state index contributed by atoms with van der Waals surface area (Å²) in [6, 6.07) is 17.6. The normalized spacial score (nSPS) is 12.6. The molecule has 0 atom stereocenters. The fraction of sp³-hybridized carbons (Fsp3) is 0. The molecule has 0 amide bonds. The Bertz CT molecular complexity index is 618. The van der Waals surface area contributed by atoms with Gasteiger partial charge in [-0.15, -0.1) is 29.8 Å². The van der Waals surface area contributed by atoms with Gasteiger partial charge < -0.3 is 29.8 Å². The van der Waals surface area contributed by atoms with Gasteiger partial charge in [-0.1, -0.05) is 35.9 Å². The average Bonchev–Trinajstić information content (AvgIpc) is 2.85. The molecule has 4 rings (SSSR count). The van der Waals surface area contributed by atoms with Crippen LogP contribution >= 0.6 is 0 Å². The Morgan fingerprint density at radius 3 is 2.58 bits per heavy atom. The van der Waals surface area contributed by atoms with Crippen LogP contribution in [0.2, 0.25) is 0 Å². The molecule has 1 nitrogen and oxygen atoms in total. The fourth-order valence-electron chi connectivity index (χ4n) is 2.38. The molecule has 1 heterocycles. The van der Waals surface area contributed by atoms with Crippen LogP contribution in [0.1, 0.15) is 16.7 Å². The van der Waals surface area contributed by atoms with Crippen LogP contribution < -0.4 is 24.8 Å². The summed E-state index contributed by atoms with van der Waals surface area (Å²) >= 11 is 0. The maximum absolute atomic E-state index is 4.67. The summed E-state index contributed by atoms with van der Waals surface area (Å²) in [6.07, 6.45) is 2.20. The molecule has 0 saturated carbocycles. The zero-order valence-electron chi connectivity index (χ0n) is 9.82. The first-order chi connectivity index (χ1) is 7.93. The molecule has 0 unspecified atom stereocenters. The van der Waals surface area contributed by atoms with Crippen molar-refractivity contribution >= 4 is 23.0 Å². The van der Waals surface area contributed by atoms with Gasteiger partial charge in [-0.3, -0.25) is 0 Å². The van der Waals surface area contributed by atoms with Gasteiger partial charge in [-0.2, -0.15) is 0 Å². The molecule has 2 aromatic rings. The summed E-state index contributed by atoms with van der Waals surface area (Å²) in [5, 5.41) is 0. The number of fused-ring (bicyclic) bond motifs is 5. The molecule has 1 radical (unpaired) electrons. The van der Waals surface area contributed by atoms with Gasteiger partial charge in [-0.05, 0) is 16.8 Å². The molecule has 0 bridgehead atoms. The van der Waals surface area contributed by atoms with E-state index in [9.17, 15) is 0 Å². The van der Waals surface area contributed by atoms with Gasteiger partial charge in [0.15, 0.2) is 0 Å². The molecule has 0 spiro atoms. The van der Waals surface area contributed by atoms with E-state index < -0.39 is 0 Å². The van der Waals surface area contributed by atoms with Crippen LogP contribution in [-0.2, 0) is 26.2 Å². The molecule has 2 aliphatic rings. The van der Waals surface area contributed by atoms with E-state index in [1.807, 2.05) is 18.2 Å². The second kappa shape index (κ2) is 6.18. The zero-order valence-corrected chi connectivity index (χ0v) is 13.8. The van der Waals surface area contributed by atoms with E-state index in [2.05, 4.69) is 41.4 Å². The first-order valence-corrected chi connectivity index (χ1v) is 5.35. The van der Waals surface area contributed by atoms with Crippen molar-refractivity contribution in [3.63, 3.8) is 0 Å². The molecular formula is C15H8Cl2NZr. The van der Waals surface area contributed by atoms with Gasteiger partial charge in [-0.25, -0.2) is 0 Å². The van der Waals surface area contributed by atoms with Crippen LogP contribution in [0.15, 0.2) is 47.5 Å². The van der Waals surface area contributed by atoms with Crippen LogP contribution in [0.25, 0.3) is 11.6 Å². The van der Waals surface area contributed by atoms with Gasteiger partial charge in [0.25, 0.3) is 0 Å². The van der Waals surface area contributed by atoms with Gasteiger partial charge in [0.1, 0.15) is 0 Å². The Morgan fingerprint density at radius 2 is 1.74 bits per heavy atom. The Morgan fingerprint density at radius 1 is 0.947 bits per heavy atom. The van der Waals surface area contributed by atoms with E-state index in [1.165, 1.54) is 16.7 Å². The SMILES string of the molecule is [Cl-].[Cl-].[Zr+3].[c-]1cccc2c1C1=Cc3ccccc3C1=N2. The number of hydrogen-bond acceptors (Lipinski definition) is 1. The van der Waals surface area contributed by atoms with Crippen molar-refractivity contribution in [2.24, 2.45) is 4.99 Å². The standard InChI is InChI=1S/C15H8N.2ClH.Zr/c1-2-6-11-10(5-1)9-13-12-7-3-4-8-14(12)16-15(11)13;;;/h1-6,8-9H;2*1H;/q-1;;;+3/p-2. The van der Waals surface area contributed by atoms with Crippen LogP contribution in [0.4, 0.5) is 5.69 Å². The molecule has 19 heavy (non-hydrogen) atoms. The summed E-state index contributed by atoms with van der Waals surface area (Å²) in [4.78, 5) is 4.67. The first-order valence-electron chi connectivity index (χ1n) is 5.35. The molecule has 4 heteroatoms. The van der Waals surface area contributed by atoms with Gasteiger partial charge in [0, 0.05) is 5.71 Å². The molecule has 91 valence electrons. The molecular weight excluding hydrogens is 356 g/mol. The molecule has 0 saturated heterocycles. The Kier molecular flexibility index (Phi) is 5.32. The zero-order chi connectivity index (χ0) is 10.5. The third-order valence-electron chi connectivity index (χ3n) is 3.11. The first kappa shape index (κ1) is 16.4. The predicted octanol–water partition coefficient (Wildman–Crippen LogP) is -2.52. The molecule has 1 aliphatic heterocycles. The van der Waals surface area contributed by atoms with E-state index in [4.69, 9.17) is 0 Å². The maximum atomic E-state index is 4.67. The third-order valence-corrected chi connectivity index (χ3v) is 3.11. The summed E-state index contributed by atoms with van der Waals surface area (Å²) in [5.41, 5.74) is 7.00. The number of aliphatic imine (C=N–C) groups is 1. The number of halogens is 2. The molecule has 0 aromatic heterocycles. The minimum Gasteiger partial charge on any atom is -1.00 e. The molecule has 0 N–H and O–H groups in total. The monoisotopic (exact) mass is 362 g/mol. The minimum absolute atomic E-state index is 0. The van der Waals surface area contributed by atoms with Crippen molar-refractivity contribution in [3.8, 4) is 0 Å². The van der Waals surface area contributed by atoms with Gasteiger partial charge >= 0.3 is 26.2 Å². The Balaban J connectivity index is 0.000000602. The van der Waals surface area contributed by atoms with E-state index in [1.54, 1.807) is 0 Å². The maximum Gasteiger partial charge on any atom is 3.00 e. The Labute approximate surface area is 143 Å². The summed E-state index contributed by atoms with van der Waals surface area (Å²) < 4.78 is 0.